The summed E-state index contributed by atoms with van der Waals surface area (Å²) in [6.07, 6.45) is 5.03. The van der Waals surface area contributed by atoms with Gasteiger partial charge in [-0.3, -0.25) is 4.79 Å². The van der Waals surface area contributed by atoms with Crippen molar-refractivity contribution in [2.45, 2.75) is 20.0 Å². The molecule has 18 heavy (non-hydrogen) atoms. The first kappa shape index (κ1) is 14.0. The van der Waals surface area contributed by atoms with E-state index in [1.54, 1.807) is 12.2 Å². The zero-order chi connectivity index (χ0) is 13.4. The number of hydrogen-bond acceptors (Lipinski definition) is 2. The van der Waals surface area contributed by atoms with Gasteiger partial charge >= 0.3 is 0 Å². The summed E-state index contributed by atoms with van der Waals surface area (Å²) in [6.45, 7) is 7.96. The van der Waals surface area contributed by atoms with Crippen LogP contribution in [0.5, 0.6) is 5.75 Å². The molecule has 0 unspecified atom stereocenters. The first-order valence-corrected chi connectivity index (χ1v) is 5.95. The molecule has 96 valence electrons. The maximum atomic E-state index is 11.4. The van der Waals surface area contributed by atoms with Crippen molar-refractivity contribution in [2.24, 2.45) is 0 Å². The molecule has 3 nitrogen and oxygen atoms in total. The Morgan fingerprint density at radius 1 is 1.50 bits per heavy atom. The third kappa shape index (κ3) is 5.34. The smallest absolute Gasteiger partial charge is 0.244 e. The summed E-state index contributed by atoms with van der Waals surface area (Å²) in [7, 11) is 0. The number of carbonyl (C=O) groups excluding carboxylic acids is 1. The Morgan fingerprint density at radius 3 is 2.94 bits per heavy atom. The lowest BCUT2D eigenvalue weighted by Gasteiger charge is -2.09. The normalized spacial score (nSPS) is 10.6. The maximum Gasteiger partial charge on any atom is 0.244 e. The van der Waals surface area contributed by atoms with Gasteiger partial charge in [0, 0.05) is 12.6 Å². The molecule has 1 N–H and O–H groups in total. The van der Waals surface area contributed by atoms with E-state index in [4.69, 9.17) is 4.74 Å². The number of amides is 1. The predicted molar refractivity (Wildman–Crippen MR) is 74.4 cm³/mol. The van der Waals surface area contributed by atoms with E-state index in [0.29, 0.717) is 6.54 Å². The molecule has 0 bridgehead atoms. The van der Waals surface area contributed by atoms with Gasteiger partial charge in [-0.25, -0.2) is 0 Å². The SMILES string of the molecule is C=CCNC(=O)/C=C/c1cccc(OC(C)C)c1. The molecule has 0 aliphatic rings. The molecular formula is C15H19NO2. The first-order chi connectivity index (χ1) is 8.61. The highest BCUT2D eigenvalue weighted by molar-refractivity contribution is 5.91. The van der Waals surface area contributed by atoms with Gasteiger partial charge in [-0.1, -0.05) is 18.2 Å². The Balaban J connectivity index is 2.63. The van der Waals surface area contributed by atoms with Crippen molar-refractivity contribution in [3.05, 3.63) is 48.6 Å². The van der Waals surface area contributed by atoms with E-state index in [2.05, 4.69) is 11.9 Å². The van der Waals surface area contributed by atoms with Crippen LogP contribution < -0.4 is 10.1 Å². The fourth-order valence-corrected chi connectivity index (χ4v) is 1.37. The number of carbonyl (C=O) groups is 1. The fourth-order valence-electron chi connectivity index (χ4n) is 1.37. The minimum absolute atomic E-state index is 0.134. The van der Waals surface area contributed by atoms with Crippen LogP contribution in [0.25, 0.3) is 6.08 Å². The summed E-state index contributed by atoms with van der Waals surface area (Å²) in [5.41, 5.74) is 0.932. The zero-order valence-electron chi connectivity index (χ0n) is 10.8. The maximum absolute atomic E-state index is 11.4. The lowest BCUT2D eigenvalue weighted by molar-refractivity contribution is -0.116. The molecule has 1 aromatic rings. The molecule has 1 rings (SSSR count). The lowest BCUT2D eigenvalue weighted by atomic mass is 10.2. The van der Waals surface area contributed by atoms with Gasteiger partial charge in [0.2, 0.25) is 5.91 Å². The quantitative estimate of drug-likeness (QED) is 0.618. The van der Waals surface area contributed by atoms with Crippen LogP contribution in [0.4, 0.5) is 0 Å². The average Bonchev–Trinajstić information content (AvgIpc) is 2.33. The second-order valence-electron chi connectivity index (χ2n) is 4.11. The minimum Gasteiger partial charge on any atom is -0.491 e. The molecule has 3 heteroatoms. The van der Waals surface area contributed by atoms with E-state index in [-0.39, 0.29) is 12.0 Å². The summed E-state index contributed by atoms with van der Waals surface area (Å²) in [6, 6.07) is 7.62. The van der Waals surface area contributed by atoms with Crippen LogP contribution in [-0.2, 0) is 4.79 Å². The van der Waals surface area contributed by atoms with Gasteiger partial charge in [0.25, 0.3) is 0 Å². The molecule has 0 heterocycles. The number of rotatable bonds is 6. The monoisotopic (exact) mass is 245 g/mol. The third-order valence-electron chi connectivity index (χ3n) is 2.08. The highest BCUT2D eigenvalue weighted by Crippen LogP contribution is 2.15. The molecule has 0 saturated carbocycles. The Bertz CT molecular complexity index is 436. The lowest BCUT2D eigenvalue weighted by Crippen LogP contribution is -2.20. The Hall–Kier alpha value is -2.03. The van der Waals surface area contributed by atoms with Crippen LogP contribution in [0.2, 0.25) is 0 Å². The Kier molecular flexibility index (Phi) is 5.71. The molecule has 0 spiro atoms. The van der Waals surface area contributed by atoms with Crippen molar-refractivity contribution in [3.63, 3.8) is 0 Å². The van der Waals surface area contributed by atoms with E-state index in [9.17, 15) is 4.79 Å². The topological polar surface area (TPSA) is 38.3 Å². The molecule has 0 aliphatic heterocycles. The number of nitrogens with one attached hydrogen (secondary N) is 1. The van der Waals surface area contributed by atoms with Gasteiger partial charge in [0.1, 0.15) is 5.75 Å². The van der Waals surface area contributed by atoms with Crippen molar-refractivity contribution in [2.75, 3.05) is 6.54 Å². The van der Waals surface area contributed by atoms with E-state index < -0.39 is 0 Å². The second-order valence-corrected chi connectivity index (χ2v) is 4.11. The van der Waals surface area contributed by atoms with Crippen LogP contribution in [0.1, 0.15) is 19.4 Å². The van der Waals surface area contributed by atoms with Crippen LogP contribution >= 0.6 is 0 Å². The standard InChI is InChI=1S/C15H19NO2/c1-4-10-16-15(17)9-8-13-6-5-7-14(11-13)18-12(2)3/h4-9,11-12H,1,10H2,2-3H3,(H,16,17)/b9-8+. The van der Waals surface area contributed by atoms with Gasteiger partial charge in [-0.15, -0.1) is 6.58 Å². The van der Waals surface area contributed by atoms with Gasteiger partial charge in [0.15, 0.2) is 0 Å². The summed E-state index contributed by atoms with van der Waals surface area (Å²) >= 11 is 0. The summed E-state index contributed by atoms with van der Waals surface area (Å²) in [5, 5.41) is 2.67. The van der Waals surface area contributed by atoms with E-state index in [1.807, 2.05) is 38.1 Å². The van der Waals surface area contributed by atoms with Crippen molar-refractivity contribution in [1.82, 2.24) is 5.32 Å². The van der Waals surface area contributed by atoms with E-state index in [0.717, 1.165) is 11.3 Å². The van der Waals surface area contributed by atoms with Crippen molar-refractivity contribution in [1.29, 1.82) is 0 Å². The van der Waals surface area contributed by atoms with Crippen molar-refractivity contribution < 1.29 is 9.53 Å². The number of benzene rings is 1. The summed E-state index contributed by atoms with van der Waals surface area (Å²) in [4.78, 5) is 11.4. The van der Waals surface area contributed by atoms with Gasteiger partial charge < -0.3 is 10.1 Å². The number of hydrogen-bond donors (Lipinski definition) is 1. The molecule has 0 fully saturated rings. The van der Waals surface area contributed by atoms with E-state index in [1.165, 1.54) is 6.08 Å². The molecule has 0 aliphatic carbocycles. The van der Waals surface area contributed by atoms with Crippen LogP contribution in [0.3, 0.4) is 0 Å². The van der Waals surface area contributed by atoms with Crippen molar-refractivity contribution in [3.8, 4) is 5.75 Å². The van der Waals surface area contributed by atoms with Gasteiger partial charge in [0.05, 0.1) is 6.10 Å². The molecule has 0 atom stereocenters. The van der Waals surface area contributed by atoms with Gasteiger partial charge in [-0.2, -0.15) is 0 Å². The van der Waals surface area contributed by atoms with Crippen molar-refractivity contribution >= 4 is 12.0 Å². The minimum atomic E-state index is -0.134. The highest BCUT2D eigenvalue weighted by atomic mass is 16.5. The van der Waals surface area contributed by atoms with Crippen LogP contribution in [-0.4, -0.2) is 18.6 Å². The van der Waals surface area contributed by atoms with Crippen LogP contribution in [0, 0.1) is 0 Å². The number of ether oxygens (including phenoxy) is 1. The fraction of sp³-hybridized carbons (Fsp3) is 0.267. The molecular weight excluding hydrogens is 226 g/mol. The van der Waals surface area contributed by atoms with E-state index >= 15 is 0 Å². The van der Waals surface area contributed by atoms with Gasteiger partial charge in [-0.05, 0) is 37.6 Å². The zero-order valence-corrected chi connectivity index (χ0v) is 10.8. The molecule has 0 aromatic heterocycles. The summed E-state index contributed by atoms with van der Waals surface area (Å²) in [5.74, 6) is 0.670. The highest BCUT2D eigenvalue weighted by Gasteiger charge is 1.98. The Morgan fingerprint density at radius 2 is 2.28 bits per heavy atom. The summed E-state index contributed by atoms with van der Waals surface area (Å²) < 4.78 is 5.58. The molecule has 1 aromatic carbocycles. The molecule has 0 radical (unpaired) electrons. The Labute approximate surface area is 108 Å². The average molecular weight is 245 g/mol. The predicted octanol–water partition coefficient (Wildman–Crippen LogP) is 2.79. The molecule has 1 amide bonds. The first-order valence-electron chi connectivity index (χ1n) is 5.95. The van der Waals surface area contributed by atoms with Crippen LogP contribution in [0.15, 0.2) is 43.0 Å². The molecule has 0 saturated heterocycles. The largest absolute Gasteiger partial charge is 0.491 e. The second kappa shape index (κ2) is 7.33. The third-order valence-corrected chi connectivity index (χ3v) is 2.08.